The summed E-state index contributed by atoms with van der Waals surface area (Å²) >= 11 is 0. The first-order valence-electron chi connectivity index (χ1n) is 10.4. The second-order valence-electron chi connectivity index (χ2n) is 9.09. The van der Waals surface area contributed by atoms with Gasteiger partial charge in [0.15, 0.2) is 0 Å². The SMILES string of the molecule is Cc1ccc(N2C(=O)NC(=O)/C(=C\c3ccc4c(c3)[C@H](C)CC(C)(C)N4C)C2=O)cc1. The highest BCUT2D eigenvalue weighted by Crippen LogP contribution is 2.42. The number of carbonyl (C=O) groups excluding carboxylic acids is 3. The Hall–Kier alpha value is -3.41. The van der Waals surface area contributed by atoms with Crippen LogP contribution in [0.2, 0.25) is 0 Å². The predicted molar refractivity (Wildman–Crippen MR) is 122 cm³/mol. The van der Waals surface area contributed by atoms with E-state index in [4.69, 9.17) is 0 Å². The van der Waals surface area contributed by atoms with E-state index >= 15 is 0 Å². The highest BCUT2D eigenvalue weighted by atomic mass is 16.2. The van der Waals surface area contributed by atoms with Gasteiger partial charge >= 0.3 is 6.03 Å². The van der Waals surface area contributed by atoms with Crippen LogP contribution in [0.1, 0.15) is 49.8 Å². The Morgan fingerprint density at radius 2 is 1.74 bits per heavy atom. The molecule has 2 aliphatic rings. The number of urea groups is 1. The molecule has 1 N–H and O–H groups in total. The third kappa shape index (κ3) is 3.63. The van der Waals surface area contributed by atoms with Crippen LogP contribution in [0.4, 0.5) is 16.2 Å². The number of imide groups is 2. The molecule has 4 amide bonds. The lowest BCUT2D eigenvalue weighted by Crippen LogP contribution is -2.54. The number of amides is 4. The Labute approximate surface area is 182 Å². The van der Waals surface area contributed by atoms with Crippen molar-refractivity contribution in [3.05, 3.63) is 64.7 Å². The summed E-state index contributed by atoms with van der Waals surface area (Å²) in [6, 6.07) is 12.3. The Kier molecular flexibility index (Phi) is 4.96. The van der Waals surface area contributed by atoms with Crippen molar-refractivity contribution in [2.24, 2.45) is 0 Å². The fraction of sp³-hybridized carbons (Fsp3) is 0.320. The molecule has 2 aromatic rings. The summed E-state index contributed by atoms with van der Waals surface area (Å²) in [4.78, 5) is 41.2. The van der Waals surface area contributed by atoms with E-state index in [-0.39, 0.29) is 11.1 Å². The van der Waals surface area contributed by atoms with Crippen LogP contribution in [-0.4, -0.2) is 30.4 Å². The molecule has 0 aliphatic carbocycles. The standard InChI is InChI=1S/C25H27N3O3/c1-15-6-9-18(10-7-15)28-23(30)20(22(29)26-24(28)31)13-17-8-11-21-19(12-17)16(2)14-25(3,4)27(21)5/h6-13,16H,14H2,1-5H3,(H,26,29,31)/b20-13+/t16-/m1/s1. The molecule has 0 saturated carbocycles. The van der Waals surface area contributed by atoms with E-state index < -0.39 is 17.8 Å². The van der Waals surface area contributed by atoms with Gasteiger partial charge in [0.05, 0.1) is 5.69 Å². The van der Waals surface area contributed by atoms with Crippen molar-refractivity contribution < 1.29 is 14.4 Å². The van der Waals surface area contributed by atoms with Crippen LogP contribution in [0, 0.1) is 6.92 Å². The zero-order valence-electron chi connectivity index (χ0n) is 18.5. The summed E-state index contributed by atoms with van der Waals surface area (Å²) in [5.74, 6) is -0.954. The van der Waals surface area contributed by atoms with Gasteiger partial charge in [-0.1, -0.05) is 30.7 Å². The quantitative estimate of drug-likeness (QED) is 0.581. The lowest BCUT2D eigenvalue weighted by atomic mass is 9.80. The first-order valence-corrected chi connectivity index (χ1v) is 10.4. The van der Waals surface area contributed by atoms with Crippen molar-refractivity contribution in [2.45, 2.75) is 45.6 Å². The second kappa shape index (κ2) is 7.38. The minimum Gasteiger partial charge on any atom is -0.369 e. The molecule has 1 fully saturated rings. The minimum absolute atomic E-state index is 0.0561. The van der Waals surface area contributed by atoms with Gasteiger partial charge in [-0.15, -0.1) is 0 Å². The Morgan fingerprint density at radius 1 is 1.06 bits per heavy atom. The number of anilines is 2. The Balaban J connectivity index is 1.72. The molecule has 2 aromatic carbocycles. The van der Waals surface area contributed by atoms with Gasteiger partial charge in [-0.2, -0.15) is 0 Å². The van der Waals surface area contributed by atoms with Crippen LogP contribution in [0.15, 0.2) is 48.0 Å². The van der Waals surface area contributed by atoms with Gasteiger partial charge in [0.1, 0.15) is 5.57 Å². The van der Waals surface area contributed by atoms with Crippen LogP contribution in [0.3, 0.4) is 0 Å². The zero-order chi connectivity index (χ0) is 22.5. The van der Waals surface area contributed by atoms with Crippen molar-refractivity contribution in [2.75, 3.05) is 16.8 Å². The van der Waals surface area contributed by atoms with E-state index in [1.165, 1.54) is 5.56 Å². The molecule has 160 valence electrons. The number of rotatable bonds is 2. The number of nitrogens with one attached hydrogen (secondary N) is 1. The molecular formula is C25H27N3O3. The lowest BCUT2D eigenvalue weighted by molar-refractivity contribution is -0.122. The highest BCUT2D eigenvalue weighted by molar-refractivity contribution is 6.39. The average Bonchev–Trinajstić information content (AvgIpc) is 2.70. The summed E-state index contributed by atoms with van der Waals surface area (Å²) in [6.07, 6.45) is 2.57. The van der Waals surface area contributed by atoms with Crippen LogP contribution in [-0.2, 0) is 9.59 Å². The van der Waals surface area contributed by atoms with Crippen LogP contribution >= 0.6 is 0 Å². The molecule has 2 heterocycles. The third-order valence-electron chi connectivity index (χ3n) is 6.36. The Morgan fingerprint density at radius 3 is 2.42 bits per heavy atom. The molecule has 31 heavy (non-hydrogen) atoms. The highest BCUT2D eigenvalue weighted by Gasteiger charge is 2.37. The van der Waals surface area contributed by atoms with Gasteiger partial charge < -0.3 is 4.90 Å². The summed E-state index contributed by atoms with van der Waals surface area (Å²) in [5, 5.41) is 2.28. The van der Waals surface area contributed by atoms with Crippen LogP contribution in [0.25, 0.3) is 6.08 Å². The van der Waals surface area contributed by atoms with Gasteiger partial charge in [-0.3, -0.25) is 14.9 Å². The van der Waals surface area contributed by atoms with Crippen LogP contribution in [0.5, 0.6) is 0 Å². The number of barbiturate groups is 1. The number of carbonyl (C=O) groups is 3. The number of hydrogen-bond donors (Lipinski definition) is 1. The largest absolute Gasteiger partial charge is 0.369 e. The fourth-order valence-corrected chi connectivity index (χ4v) is 4.44. The number of nitrogens with zero attached hydrogens (tertiary/aromatic N) is 2. The zero-order valence-corrected chi connectivity index (χ0v) is 18.5. The van der Waals surface area contributed by atoms with Crippen LogP contribution < -0.4 is 15.1 Å². The summed E-state index contributed by atoms with van der Waals surface area (Å²) in [7, 11) is 2.09. The maximum atomic E-state index is 13.1. The molecule has 4 rings (SSSR count). The Bertz CT molecular complexity index is 1120. The molecule has 0 bridgehead atoms. The van der Waals surface area contributed by atoms with Gasteiger partial charge in [0.25, 0.3) is 11.8 Å². The molecule has 0 spiro atoms. The monoisotopic (exact) mass is 417 g/mol. The van der Waals surface area contributed by atoms with Crippen molar-refractivity contribution in [1.82, 2.24) is 5.32 Å². The molecule has 6 nitrogen and oxygen atoms in total. The topological polar surface area (TPSA) is 69.7 Å². The van der Waals surface area contributed by atoms with E-state index in [0.29, 0.717) is 11.6 Å². The molecule has 0 radical (unpaired) electrons. The molecule has 0 aromatic heterocycles. The summed E-state index contributed by atoms with van der Waals surface area (Å²) < 4.78 is 0. The van der Waals surface area contributed by atoms with E-state index in [1.54, 1.807) is 18.2 Å². The second-order valence-corrected chi connectivity index (χ2v) is 9.09. The van der Waals surface area contributed by atoms with Crippen molar-refractivity contribution in [1.29, 1.82) is 0 Å². The average molecular weight is 418 g/mol. The predicted octanol–water partition coefficient (Wildman–Crippen LogP) is 4.38. The van der Waals surface area contributed by atoms with Gasteiger partial charge in [-0.05, 0) is 74.6 Å². The molecule has 1 saturated heterocycles. The van der Waals surface area contributed by atoms with Crippen molar-refractivity contribution in [3.8, 4) is 0 Å². The van der Waals surface area contributed by atoms with Gasteiger partial charge in [0, 0.05) is 18.3 Å². The molecule has 0 unspecified atom stereocenters. The first-order chi connectivity index (χ1) is 14.6. The maximum Gasteiger partial charge on any atom is 0.335 e. The molecule has 6 heteroatoms. The first kappa shape index (κ1) is 20.8. The minimum atomic E-state index is -0.737. The normalized spacial score (nSPS) is 21.9. The summed E-state index contributed by atoms with van der Waals surface area (Å²) in [6.45, 7) is 8.57. The van der Waals surface area contributed by atoms with E-state index in [9.17, 15) is 14.4 Å². The third-order valence-corrected chi connectivity index (χ3v) is 6.36. The maximum absolute atomic E-state index is 13.1. The number of hydrogen-bond acceptors (Lipinski definition) is 4. The number of fused-ring (bicyclic) bond motifs is 1. The van der Waals surface area contributed by atoms with Crippen molar-refractivity contribution in [3.63, 3.8) is 0 Å². The van der Waals surface area contributed by atoms with Crippen molar-refractivity contribution >= 4 is 35.3 Å². The summed E-state index contributed by atoms with van der Waals surface area (Å²) in [5.41, 5.74) is 4.53. The molecule has 2 aliphatic heterocycles. The lowest BCUT2D eigenvalue weighted by Gasteiger charge is -2.45. The molecular weight excluding hydrogens is 390 g/mol. The number of aryl methyl sites for hydroxylation is 1. The molecule has 1 atom stereocenters. The smallest absolute Gasteiger partial charge is 0.335 e. The van der Waals surface area contributed by atoms with Gasteiger partial charge in [0.2, 0.25) is 0 Å². The van der Waals surface area contributed by atoms with E-state index in [2.05, 4.69) is 38.0 Å². The fourth-order valence-electron chi connectivity index (χ4n) is 4.44. The van der Waals surface area contributed by atoms with Gasteiger partial charge in [-0.25, -0.2) is 9.69 Å². The van der Waals surface area contributed by atoms with E-state index in [1.807, 2.05) is 37.3 Å². The van der Waals surface area contributed by atoms with E-state index in [0.717, 1.165) is 28.1 Å². The number of benzene rings is 2.